The van der Waals surface area contributed by atoms with Crippen molar-refractivity contribution in [3.63, 3.8) is 0 Å². The van der Waals surface area contributed by atoms with Gasteiger partial charge in [0, 0.05) is 27.2 Å². The number of nitrogens with zero attached hydrogens (tertiary/aromatic N) is 1. The Labute approximate surface area is 381 Å². The van der Waals surface area contributed by atoms with Gasteiger partial charge >= 0.3 is 0 Å². The van der Waals surface area contributed by atoms with Crippen molar-refractivity contribution in [3.05, 3.63) is 230 Å². The molecule has 2 nitrogen and oxygen atoms in total. The van der Waals surface area contributed by atoms with Crippen LogP contribution in [0, 0.1) is 0 Å². The molecule has 0 bridgehead atoms. The summed E-state index contributed by atoms with van der Waals surface area (Å²) in [5.74, 6) is 0. The first-order valence-electron chi connectivity index (χ1n) is 23.1. The summed E-state index contributed by atoms with van der Waals surface area (Å²) in [4.78, 5) is 0. The number of para-hydroxylation sites is 2. The smallest absolute Gasteiger partial charge is 0.136 e. The zero-order valence-corrected chi connectivity index (χ0v) is 36.1. The number of fused-ring (bicyclic) bond motifs is 10. The third kappa shape index (κ3) is 5.36. The largest absolute Gasteiger partial charge is 0.456 e. The van der Waals surface area contributed by atoms with Gasteiger partial charge in [0.2, 0.25) is 0 Å². The van der Waals surface area contributed by atoms with E-state index in [0.717, 1.165) is 46.0 Å². The third-order valence-electron chi connectivity index (χ3n) is 14.2. The molecule has 1 aliphatic rings. The molecule has 66 heavy (non-hydrogen) atoms. The standard InChI is InChI=1S/C64H41NO/c1-3-19-40(20-4-1)59-43-23-7-11-27-47(43)62(48-28-12-8-24-44(48)59)54-33-18-36-57-64(54)52-38-37-41(39-58(52)66-57)60-45-25-9-13-29-49(45)61(50-30-14-10-26-46(50)60)53-32-17-35-56-63(53)51-31-15-16-34-55(51)65(56)42-21-5-2-6-22-42/h2-3,5-39H,1,4H2. The second-order valence-corrected chi connectivity index (χ2v) is 17.7. The molecule has 0 saturated heterocycles. The van der Waals surface area contributed by atoms with Crippen LogP contribution in [-0.2, 0) is 0 Å². The summed E-state index contributed by atoms with van der Waals surface area (Å²) in [5.41, 5.74) is 15.2. The fourth-order valence-electron chi connectivity index (χ4n) is 11.5. The summed E-state index contributed by atoms with van der Waals surface area (Å²) < 4.78 is 9.35. The lowest BCUT2D eigenvalue weighted by Gasteiger charge is -2.19. The molecule has 0 spiro atoms. The Bertz CT molecular complexity index is 4100. The van der Waals surface area contributed by atoms with Crippen molar-refractivity contribution in [1.82, 2.24) is 4.57 Å². The molecule has 0 N–H and O–H groups in total. The summed E-state index contributed by atoms with van der Waals surface area (Å²) in [6.45, 7) is 0. The highest BCUT2D eigenvalue weighted by molar-refractivity contribution is 6.28. The minimum Gasteiger partial charge on any atom is -0.456 e. The third-order valence-corrected chi connectivity index (χ3v) is 14.2. The quantitative estimate of drug-likeness (QED) is 0.158. The van der Waals surface area contributed by atoms with Crippen LogP contribution >= 0.6 is 0 Å². The molecule has 0 fully saturated rings. The lowest BCUT2D eigenvalue weighted by atomic mass is 9.83. The van der Waals surface area contributed by atoms with Gasteiger partial charge in [-0.25, -0.2) is 0 Å². The van der Waals surface area contributed by atoms with Gasteiger partial charge in [-0.1, -0.05) is 182 Å². The minimum atomic E-state index is 0.883. The molecule has 0 unspecified atom stereocenters. The highest BCUT2D eigenvalue weighted by Gasteiger charge is 2.24. The summed E-state index contributed by atoms with van der Waals surface area (Å²) >= 11 is 0. The van der Waals surface area contributed by atoms with E-state index < -0.39 is 0 Å². The van der Waals surface area contributed by atoms with Gasteiger partial charge in [0.1, 0.15) is 11.2 Å². The normalized spacial score (nSPS) is 13.1. The summed E-state index contributed by atoms with van der Waals surface area (Å²) in [5, 5.41) is 14.7. The topological polar surface area (TPSA) is 18.1 Å². The van der Waals surface area contributed by atoms with E-state index in [1.165, 1.54) is 104 Å². The predicted molar refractivity (Wildman–Crippen MR) is 281 cm³/mol. The van der Waals surface area contributed by atoms with Crippen molar-refractivity contribution in [2.45, 2.75) is 12.8 Å². The van der Waals surface area contributed by atoms with Crippen molar-refractivity contribution in [2.75, 3.05) is 0 Å². The lowest BCUT2D eigenvalue weighted by Crippen LogP contribution is -1.94. The summed E-state index contributed by atoms with van der Waals surface area (Å²) in [6, 6.07) is 75.7. The average molecular weight is 840 g/mol. The molecular weight excluding hydrogens is 799 g/mol. The first-order chi connectivity index (χ1) is 32.8. The number of benzene rings is 11. The Balaban J connectivity index is 1.00. The van der Waals surface area contributed by atoms with Gasteiger partial charge in [-0.3, -0.25) is 0 Å². The molecule has 13 aromatic rings. The van der Waals surface area contributed by atoms with Crippen molar-refractivity contribution < 1.29 is 4.42 Å². The van der Waals surface area contributed by atoms with Crippen molar-refractivity contribution in [3.8, 4) is 39.1 Å². The van der Waals surface area contributed by atoms with E-state index in [4.69, 9.17) is 4.42 Å². The molecule has 308 valence electrons. The van der Waals surface area contributed by atoms with Gasteiger partial charge in [-0.05, 0) is 143 Å². The zero-order chi connectivity index (χ0) is 43.3. The Morgan fingerprint density at radius 3 is 1.47 bits per heavy atom. The number of hydrogen-bond donors (Lipinski definition) is 0. The summed E-state index contributed by atoms with van der Waals surface area (Å²) in [6.07, 6.45) is 9.18. The van der Waals surface area contributed by atoms with E-state index in [2.05, 4.69) is 229 Å². The van der Waals surface area contributed by atoms with Crippen LogP contribution in [0.15, 0.2) is 229 Å². The number of aromatic nitrogens is 1. The van der Waals surface area contributed by atoms with Crippen LogP contribution in [0.25, 0.3) is 131 Å². The molecule has 0 radical (unpaired) electrons. The SMILES string of the molecule is C1=CC(c2c3ccccc3c(-c3cccc4oc5cc(-c6c7ccccc7c(-c7cccc8c7c7ccccc7n8-c7ccccc7)c7ccccc67)ccc5c34)c3ccccc23)=CCC1. The van der Waals surface area contributed by atoms with Crippen LogP contribution in [0.4, 0.5) is 0 Å². The minimum absolute atomic E-state index is 0.883. The van der Waals surface area contributed by atoms with Gasteiger partial charge in [-0.15, -0.1) is 0 Å². The summed E-state index contributed by atoms with van der Waals surface area (Å²) in [7, 11) is 0. The van der Waals surface area contributed by atoms with Crippen molar-refractivity contribution in [1.29, 1.82) is 0 Å². The molecular formula is C64H41NO. The molecule has 2 aromatic heterocycles. The maximum Gasteiger partial charge on any atom is 0.136 e. The number of hydrogen-bond acceptors (Lipinski definition) is 1. The second kappa shape index (κ2) is 14.5. The maximum atomic E-state index is 6.94. The molecule has 2 heteroatoms. The van der Waals surface area contributed by atoms with E-state index in [1.807, 2.05) is 0 Å². The fourth-order valence-corrected chi connectivity index (χ4v) is 11.5. The van der Waals surface area contributed by atoms with Crippen LogP contribution in [0.1, 0.15) is 18.4 Å². The Hall–Kier alpha value is -8.46. The van der Waals surface area contributed by atoms with Crippen LogP contribution in [0.3, 0.4) is 0 Å². The highest BCUT2D eigenvalue weighted by atomic mass is 16.3. The van der Waals surface area contributed by atoms with Gasteiger partial charge in [0.15, 0.2) is 0 Å². The van der Waals surface area contributed by atoms with Gasteiger partial charge in [0.25, 0.3) is 0 Å². The Morgan fingerprint density at radius 2 is 0.864 bits per heavy atom. The van der Waals surface area contributed by atoms with E-state index in [-0.39, 0.29) is 0 Å². The van der Waals surface area contributed by atoms with Crippen LogP contribution < -0.4 is 0 Å². The molecule has 0 saturated carbocycles. The van der Waals surface area contributed by atoms with E-state index in [9.17, 15) is 0 Å². The number of furan rings is 1. The van der Waals surface area contributed by atoms with Crippen LogP contribution in [-0.4, -0.2) is 4.57 Å². The molecule has 0 amide bonds. The molecule has 11 aromatic carbocycles. The highest BCUT2D eigenvalue weighted by Crippen LogP contribution is 2.50. The zero-order valence-electron chi connectivity index (χ0n) is 36.1. The fraction of sp³-hybridized carbons (Fsp3) is 0.0312. The average Bonchev–Trinajstić information content (AvgIpc) is 3.93. The Kier molecular flexibility index (Phi) is 8.14. The molecule has 2 heterocycles. The van der Waals surface area contributed by atoms with Gasteiger partial charge in [0.05, 0.1) is 11.0 Å². The van der Waals surface area contributed by atoms with Crippen molar-refractivity contribution >= 4 is 92.4 Å². The lowest BCUT2D eigenvalue weighted by molar-refractivity contribution is 0.669. The monoisotopic (exact) mass is 839 g/mol. The first-order valence-corrected chi connectivity index (χ1v) is 23.1. The molecule has 14 rings (SSSR count). The van der Waals surface area contributed by atoms with Crippen LogP contribution in [0.2, 0.25) is 0 Å². The van der Waals surface area contributed by atoms with E-state index in [0.29, 0.717) is 0 Å². The van der Waals surface area contributed by atoms with Gasteiger partial charge < -0.3 is 8.98 Å². The first kappa shape index (κ1) is 37.0. The van der Waals surface area contributed by atoms with Crippen molar-refractivity contribution in [2.24, 2.45) is 0 Å². The predicted octanol–water partition coefficient (Wildman–Crippen LogP) is 18.0. The molecule has 1 aliphatic carbocycles. The maximum absolute atomic E-state index is 6.94. The van der Waals surface area contributed by atoms with Gasteiger partial charge in [-0.2, -0.15) is 0 Å². The Morgan fingerprint density at radius 1 is 0.348 bits per heavy atom. The van der Waals surface area contributed by atoms with Crippen LogP contribution in [0.5, 0.6) is 0 Å². The molecule has 0 aliphatic heterocycles. The number of allylic oxidation sites excluding steroid dienone is 4. The second-order valence-electron chi connectivity index (χ2n) is 17.7. The number of rotatable bonds is 5. The van der Waals surface area contributed by atoms with E-state index >= 15 is 0 Å². The molecule has 0 atom stereocenters. The van der Waals surface area contributed by atoms with E-state index in [1.54, 1.807) is 0 Å².